The number of ether oxygens (including phenoxy) is 2. The highest BCUT2D eigenvalue weighted by Gasteiger charge is 2.33. The topological polar surface area (TPSA) is 84.9 Å². The third kappa shape index (κ3) is 5.48. The number of amides is 2. The first-order valence-corrected chi connectivity index (χ1v) is 9.53. The Labute approximate surface area is 173 Å². The molecule has 0 saturated heterocycles. The predicted molar refractivity (Wildman–Crippen MR) is 108 cm³/mol. The fraction of sp³-hybridized carbons (Fsp3) is 0.286. The van der Waals surface area contributed by atoms with Crippen molar-refractivity contribution in [3.8, 4) is 5.75 Å². The van der Waals surface area contributed by atoms with E-state index in [-0.39, 0.29) is 12.5 Å². The summed E-state index contributed by atoms with van der Waals surface area (Å²) in [6.07, 6.45) is -0.385. The number of fused-ring (bicyclic) bond motifs is 1. The molecular weight excluding hydrogens is 396 g/mol. The lowest BCUT2D eigenvalue weighted by Crippen LogP contribution is -2.47. The molecule has 7 nitrogen and oxygen atoms in total. The fourth-order valence-corrected chi connectivity index (χ4v) is 3.19. The van der Waals surface area contributed by atoms with Gasteiger partial charge in [0.1, 0.15) is 5.75 Å². The summed E-state index contributed by atoms with van der Waals surface area (Å²) < 4.78 is 10.7. The number of carbonyl (C=O) groups excluding carboxylic acids is 3. The zero-order valence-electron chi connectivity index (χ0n) is 15.9. The molecule has 0 fully saturated rings. The van der Waals surface area contributed by atoms with E-state index in [1.54, 1.807) is 30.3 Å². The predicted octanol–water partition coefficient (Wildman–Crippen LogP) is 2.36. The lowest BCUT2D eigenvalue weighted by Gasteiger charge is -2.33. The van der Waals surface area contributed by atoms with E-state index in [1.165, 1.54) is 11.8 Å². The molecule has 0 aliphatic carbocycles. The van der Waals surface area contributed by atoms with Crippen molar-refractivity contribution >= 4 is 35.1 Å². The Morgan fingerprint density at radius 2 is 2.00 bits per heavy atom. The van der Waals surface area contributed by atoms with E-state index in [4.69, 9.17) is 21.1 Å². The molecular formula is C21H21ClN2O5. The Bertz CT molecular complexity index is 917. The van der Waals surface area contributed by atoms with Crippen LogP contribution in [0.1, 0.15) is 12.5 Å². The van der Waals surface area contributed by atoms with E-state index in [2.05, 4.69) is 5.32 Å². The number of halogens is 1. The molecule has 0 unspecified atom stereocenters. The molecule has 29 heavy (non-hydrogen) atoms. The molecule has 1 atom stereocenters. The van der Waals surface area contributed by atoms with Gasteiger partial charge in [0.05, 0.1) is 12.2 Å². The Hall–Kier alpha value is -3.06. The number of hydrogen-bond acceptors (Lipinski definition) is 5. The summed E-state index contributed by atoms with van der Waals surface area (Å²) in [5.41, 5.74) is 1.59. The van der Waals surface area contributed by atoms with Gasteiger partial charge in [-0.25, -0.2) is 4.79 Å². The van der Waals surface area contributed by atoms with Gasteiger partial charge in [0.15, 0.2) is 6.61 Å². The molecule has 0 saturated carbocycles. The number of nitrogens with one attached hydrogen (secondary N) is 1. The highest BCUT2D eigenvalue weighted by Crippen LogP contribution is 2.33. The quantitative estimate of drug-likeness (QED) is 0.731. The number of carbonyl (C=O) groups is 3. The summed E-state index contributed by atoms with van der Waals surface area (Å²) in [7, 11) is 0. The van der Waals surface area contributed by atoms with Crippen LogP contribution in [0.15, 0.2) is 48.5 Å². The van der Waals surface area contributed by atoms with Gasteiger partial charge in [-0.3, -0.25) is 9.59 Å². The number of benzene rings is 2. The van der Waals surface area contributed by atoms with Crippen LogP contribution in [0.4, 0.5) is 5.69 Å². The van der Waals surface area contributed by atoms with E-state index in [9.17, 15) is 14.4 Å². The number of rotatable bonds is 6. The first-order valence-electron chi connectivity index (χ1n) is 9.15. The van der Waals surface area contributed by atoms with E-state index in [0.29, 0.717) is 29.4 Å². The SMILES string of the molecule is CC(=O)N1C[C@H](C(=O)OCC(=O)NCCc2cccc(Cl)c2)Oc2ccccc21. The summed E-state index contributed by atoms with van der Waals surface area (Å²) in [6.45, 7) is 1.41. The Balaban J connectivity index is 1.47. The van der Waals surface area contributed by atoms with Gasteiger partial charge < -0.3 is 19.7 Å². The largest absolute Gasteiger partial charge is 0.475 e. The van der Waals surface area contributed by atoms with Crippen LogP contribution >= 0.6 is 11.6 Å². The van der Waals surface area contributed by atoms with Crippen molar-refractivity contribution in [3.63, 3.8) is 0 Å². The minimum atomic E-state index is -0.993. The number of para-hydroxylation sites is 2. The average Bonchev–Trinajstić information content (AvgIpc) is 2.71. The molecule has 0 aromatic heterocycles. The van der Waals surface area contributed by atoms with Crippen LogP contribution in [0, 0.1) is 0 Å². The second-order valence-electron chi connectivity index (χ2n) is 6.54. The second kappa shape index (κ2) is 9.43. The van der Waals surface area contributed by atoms with Gasteiger partial charge in [-0.05, 0) is 36.2 Å². The van der Waals surface area contributed by atoms with E-state index >= 15 is 0 Å². The molecule has 1 aliphatic heterocycles. The van der Waals surface area contributed by atoms with Crippen molar-refractivity contribution in [3.05, 3.63) is 59.1 Å². The van der Waals surface area contributed by atoms with Crippen molar-refractivity contribution < 1.29 is 23.9 Å². The molecule has 0 radical (unpaired) electrons. The van der Waals surface area contributed by atoms with Crippen molar-refractivity contribution in [1.29, 1.82) is 0 Å². The van der Waals surface area contributed by atoms with Gasteiger partial charge in [-0.1, -0.05) is 35.9 Å². The van der Waals surface area contributed by atoms with Crippen LogP contribution in [0.3, 0.4) is 0 Å². The number of esters is 1. The second-order valence-corrected chi connectivity index (χ2v) is 6.98. The first kappa shape index (κ1) is 20.7. The van der Waals surface area contributed by atoms with Crippen molar-refractivity contribution in [1.82, 2.24) is 5.32 Å². The van der Waals surface area contributed by atoms with Crippen LogP contribution in [-0.2, 0) is 25.5 Å². The molecule has 3 rings (SSSR count). The lowest BCUT2D eigenvalue weighted by atomic mass is 10.1. The molecule has 1 N–H and O–H groups in total. The number of nitrogens with zero attached hydrogens (tertiary/aromatic N) is 1. The molecule has 1 aliphatic rings. The summed E-state index contributed by atoms with van der Waals surface area (Å²) in [5.74, 6) is -0.907. The molecule has 0 spiro atoms. The maximum absolute atomic E-state index is 12.3. The van der Waals surface area contributed by atoms with Crippen LogP contribution < -0.4 is 15.0 Å². The van der Waals surface area contributed by atoms with Gasteiger partial charge in [-0.2, -0.15) is 0 Å². The van der Waals surface area contributed by atoms with Gasteiger partial charge in [-0.15, -0.1) is 0 Å². The summed E-state index contributed by atoms with van der Waals surface area (Å²) >= 11 is 5.92. The Morgan fingerprint density at radius 1 is 1.21 bits per heavy atom. The maximum Gasteiger partial charge on any atom is 0.349 e. The maximum atomic E-state index is 12.3. The highest BCUT2D eigenvalue weighted by molar-refractivity contribution is 6.30. The van der Waals surface area contributed by atoms with E-state index in [1.807, 2.05) is 18.2 Å². The Kier molecular flexibility index (Phi) is 6.72. The standard InChI is InChI=1S/C21H21ClN2O5/c1-14(25)24-12-19(29-18-8-3-2-7-17(18)24)21(27)28-13-20(26)23-10-9-15-5-4-6-16(22)11-15/h2-8,11,19H,9-10,12-13H2,1H3,(H,23,26)/t19-/m1/s1. The summed E-state index contributed by atoms with van der Waals surface area (Å²) in [5, 5.41) is 3.32. The van der Waals surface area contributed by atoms with Gasteiger partial charge in [0.2, 0.25) is 12.0 Å². The molecule has 152 valence electrons. The lowest BCUT2D eigenvalue weighted by molar-refractivity contribution is -0.155. The molecule has 8 heteroatoms. The molecule has 2 amide bonds. The smallest absolute Gasteiger partial charge is 0.349 e. The van der Waals surface area contributed by atoms with Crippen molar-refractivity contribution in [2.75, 3.05) is 24.6 Å². The third-order valence-corrected chi connectivity index (χ3v) is 4.62. The van der Waals surface area contributed by atoms with E-state index < -0.39 is 24.6 Å². The first-order chi connectivity index (χ1) is 13.9. The summed E-state index contributed by atoms with van der Waals surface area (Å²) in [4.78, 5) is 37.6. The van der Waals surface area contributed by atoms with Crippen LogP contribution in [0.2, 0.25) is 5.02 Å². The van der Waals surface area contributed by atoms with Gasteiger partial charge in [0, 0.05) is 18.5 Å². The van der Waals surface area contributed by atoms with Crippen molar-refractivity contribution in [2.45, 2.75) is 19.4 Å². The zero-order chi connectivity index (χ0) is 20.8. The molecule has 2 aromatic rings. The third-order valence-electron chi connectivity index (χ3n) is 4.39. The van der Waals surface area contributed by atoms with Crippen LogP contribution in [0.25, 0.3) is 0 Å². The van der Waals surface area contributed by atoms with E-state index in [0.717, 1.165) is 5.56 Å². The number of anilines is 1. The Morgan fingerprint density at radius 3 is 2.76 bits per heavy atom. The van der Waals surface area contributed by atoms with Crippen LogP contribution in [-0.4, -0.2) is 43.6 Å². The van der Waals surface area contributed by atoms with Gasteiger partial charge >= 0.3 is 5.97 Å². The fourth-order valence-electron chi connectivity index (χ4n) is 2.97. The minimum absolute atomic E-state index is 0.0293. The monoisotopic (exact) mass is 416 g/mol. The highest BCUT2D eigenvalue weighted by atomic mass is 35.5. The van der Waals surface area contributed by atoms with Crippen molar-refractivity contribution in [2.24, 2.45) is 0 Å². The summed E-state index contributed by atoms with van der Waals surface area (Å²) in [6, 6.07) is 14.3. The zero-order valence-corrected chi connectivity index (χ0v) is 16.6. The average molecular weight is 417 g/mol. The van der Waals surface area contributed by atoms with Crippen LogP contribution in [0.5, 0.6) is 5.75 Å². The molecule has 2 aromatic carbocycles. The van der Waals surface area contributed by atoms with Gasteiger partial charge in [0.25, 0.3) is 5.91 Å². The normalized spacial score (nSPS) is 15.1. The minimum Gasteiger partial charge on any atom is -0.475 e. The molecule has 0 bridgehead atoms. The number of hydrogen-bond donors (Lipinski definition) is 1. The molecule has 1 heterocycles.